The van der Waals surface area contributed by atoms with E-state index in [4.69, 9.17) is 9.84 Å². The van der Waals surface area contributed by atoms with Gasteiger partial charge in [0.15, 0.2) is 5.54 Å². The van der Waals surface area contributed by atoms with Gasteiger partial charge in [-0.1, -0.05) is 30.3 Å². The van der Waals surface area contributed by atoms with E-state index in [1.807, 2.05) is 51.1 Å². The molecule has 0 aliphatic heterocycles. The van der Waals surface area contributed by atoms with Gasteiger partial charge in [0.25, 0.3) is 0 Å². The lowest BCUT2D eigenvalue weighted by Crippen LogP contribution is -2.54. The van der Waals surface area contributed by atoms with E-state index < -0.39 is 5.54 Å². The molecule has 0 fully saturated rings. The van der Waals surface area contributed by atoms with Crippen LogP contribution in [0.4, 0.5) is 0 Å². The highest BCUT2D eigenvalue weighted by atomic mass is 32.2. The normalized spacial score (nSPS) is 14.0. The Balaban J connectivity index is 3.16. The first-order valence-electron chi connectivity index (χ1n) is 7.26. The van der Waals surface area contributed by atoms with Crippen LogP contribution < -0.4 is 5.32 Å². The fourth-order valence-corrected chi connectivity index (χ4v) is 3.15. The quantitative estimate of drug-likeness (QED) is 0.541. The standard InChI is InChI=1S/C16H25NO3S/c1-4-20-15(19)16(17-13(2)3,12-21-11-10-18)14-8-6-5-7-9-14/h5-9,13,17-18H,4,10-12H2,1-3H3. The van der Waals surface area contributed by atoms with E-state index in [1.165, 1.54) is 11.8 Å². The summed E-state index contributed by atoms with van der Waals surface area (Å²) in [6.07, 6.45) is 0. The zero-order chi connectivity index (χ0) is 15.7. The number of aliphatic hydroxyl groups excluding tert-OH is 1. The van der Waals surface area contributed by atoms with Crippen LogP contribution in [0.3, 0.4) is 0 Å². The van der Waals surface area contributed by atoms with Gasteiger partial charge < -0.3 is 9.84 Å². The molecule has 1 aromatic carbocycles. The molecule has 0 saturated carbocycles. The average molecular weight is 311 g/mol. The highest BCUT2D eigenvalue weighted by Gasteiger charge is 2.41. The second-order valence-electron chi connectivity index (χ2n) is 5.07. The molecule has 0 aromatic heterocycles. The van der Waals surface area contributed by atoms with Crippen molar-refractivity contribution in [3.05, 3.63) is 35.9 Å². The first-order valence-corrected chi connectivity index (χ1v) is 8.41. The van der Waals surface area contributed by atoms with Gasteiger partial charge in [-0.2, -0.15) is 11.8 Å². The van der Waals surface area contributed by atoms with Gasteiger partial charge in [0.1, 0.15) is 0 Å². The van der Waals surface area contributed by atoms with Crippen LogP contribution in [0, 0.1) is 0 Å². The third kappa shape index (κ3) is 5.02. The third-order valence-electron chi connectivity index (χ3n) is 2.98. The SMILES string of the molecule is CCOC(=O)C(CSCCO)(NC(C)C)c1ccccc1. The number of esters is 1. The molecule has 1 aromatic rings. The van der Waals surface area contributed by atoms with Crippen molar-refractivity contribution in [3.63, 3.8) is 0 Å². The second kappa shape index (κ2) is 9.07. The number of thioether (sulfide) groups is 1. The fourth-order valence-electron chi connectivity index (χ4n) is 2.20. The van der Waals surface area contributed by atoms with Gasteiger partial charge in [-0.05, 0) is 26.3 Å². The number of hydrogen-bond acceptors (Lipinski definition) is 5. The van der Waals surface area contributed by atoms with Crippen molar-refractivity contribution >= 4 is 17.7 Å². The number of rotatable bonds is 9. The molecule has 0 amide bonds. The largest absolute Gasteiger partial charge is 0.464 e. The zero-order valence-electron chi connectivity index (χ0n) is 13.0. The van der Waals surface area contributed by atoms with Gasteiger partial charge in [0.2, 0.25) is 0 Å². The molecule has 0 aliphatic rings. The summed E-state index contributed by atoms with van der Waals surface area (Å²) in [4.78, 5) is 12.6. The molecule has 0 aliphatic carbocycles. The Hall–Kier alpha value is -1.04. The Morgan fingerprint density at radius 1 is 1.38 bits per heavy atom. The van der Waals surface area contributed by atoms with Crippen molar-refractivity contribution < 1.29 is 14.6 Å². The topological polar surface area (TPSA) is 58.6 Å². The van der Waals surface area contributed by atoms with E-state index in [1.54, 1.807) is 0 Å². The van der Waals surface area contributed by atoms with Crippen LogP contribution in [0.1, 0.15) is 26.3 Å². The van der Waals surface area contributed by atoms with E-state index in [-0.39, 0.29) is 18.6 Å². The van der Waals surface area contributed by atoms with E-state index in [0.29, 0.717) is 18.1 Å². The molecule has 4 nitrogen and oxygen atoms in total. The van der Waals surface area contributed by atoms with Crippen LogP contribution >= 0.6 is 11.8 Å². The number of ether oxygens (including phenoxy) is 1. The summed E-state index contributed by atoms with van der Waals surface area (Å²) in [7, 11) is 0. The third-order valence-corrected chi connectivity index (χ3v) is 4.09. The van der Waals surface area contributed by atoms with Crippen LogP contribution in [0.2, 0.25) is 0 Å². The summed E-state index contributed by atoms with van der Waals surface area (Å²) in [6.45, 7) is 6.27. The fraction of sp³-hybridized carbons (Fsp3) is 0.562. The van der Waals surface area contributed by atoms with Crippen LogP contribution in [0.25, 0.3) is 0 Å². The lowest BCUT2D eigenvalue weighted by Gasteiger charge is -2.34. The monoisotopic (exact) mass is 311 g/mol. The number of carbonyl (C=O) groups excluding carboxylic acids is 1. The van der Waals surface area contributed by atoms with Gasteiger partial charge >= 0.3 is 5.97 Å². The molecule has 5 heteroatoms. The minimum Gasteiger partial charge on any atom is -0.464 e. The molecule has 0 saturated heterocycles. The number of carbonyl (C=O) groups is 1. The summed E-state index contributed by atoms with van der Waals surface area (Å²) < 4.78 is 5.32. The second-order valence-corrected chi connectivity index (χ2v) is 6.17. The molecule has 1 unspecified atom stereocenters. The lowest BCUT2D eigenvalue weighted by atomic mass is 9.91. The molecule has 21 heavy (non-hydrogen) atoms. The van der Waals surface area contributed by atoms with Crippen LogP contribution in [0.5, 0.6) is 0 Å². The number of aliphatic hydroxyl groups is 1. The molecule has 0 radical (unpaired) electrons. The van der Waals surface area contributed by atoms with E-state index in [9.17, 15) is 4.79 Å². The lowest BCUT2D eigenvalue weighted by molar-refractivity contribution is -0.151. The van der Waals surface area contributed by atoms with Crippen LogP contribution in [-0.2, 0) is 15.1 Å². The molecule has 1 rings (SSSR count). The van der Waals surface area contributed by atoms with Crippen molar-refractivity contribution in [3.8, 4) is 0 Å². The van der Waals surface area contributed by atoms with Crippen LogP contribution in [-0.4, -0.2) is 41.8 Å². The van der Waals surface area contributed by atoms with Gasteiger partial charge in [-0.25, -0.2) is 4.79 Å². The Bertz CT molecular complexity index is 425. The minimum atomic E-state index is -0.884. The number of hydrogen-bond donors (Lipinski definition) is 2. The van der Waals surface area contributed by atoms with E-state index >= 15 is 0 Å². The number of nitrogens with one attached hydrogen (secondary N) is 1. The Morgan fingerprint density at radius 3 is 2.57 bits per heavy atom. The van der Waals surface area contributed by atoms with Gasteiger partial charge in [0.05, 0.1) is 13.2 Å². The maximum absolute atomic E-state index is 12.6. The molecule has 118 valence electrons. The first kappa shape index (κ1) is 18.0. The Morgan fingerprint density at radius 2 is 2.05 bits per heavy atom. The summed E-state index contributed by atoms with van der Waals surface area (Å²) >= 11 is 1.54. The average Bonchev–Trinajstić information content (AvgIpc) is 2.47. The zero-order valence-corrected chi connectivity index (χ0v) is 13.8. The molecular weight excluding hydrogens is 286 g/mol. The summed E-state index contributed by atoms with van der Waals surface area (Å²) in [5, 5.41) is 12.4. The molecular formula is C16H25NO3S. The van der Waals surface area contributed by atoms with Crippen molar-refractivity contribution in [2.45, 2.75) is 32.4 Å². The highest BCUT2D eigenvalue weighted by molar-refractivity contribution is 7.99. The molecule has 0 heterocycles. The molecule has 1 atom stereocenters. The Kier molecular flexibility index (Phi) is 7.78. The van der Waals surface area contributed by atoms with Gasteiger partial charge in [-0.15, -0.1) is 0 Å². The Labute approximate surface area is 131 Å². The van der Waals surface area contributed by atoms with Crippen molar-refractivity contribution in [2.75, 3.05) is 24.7 Å². The predicted octanol–water partition coefficient (Wildman–Crippen LogP) is 2.17. The molecule has 0 bridgehead atoms. The highest BCUT2D eigenvalue weighted by Crippen LogP contribution is 2.28. The maximum Gasteiger partial charge on any atom is 0.331 e. The smallest absolute Gasteiger partial charge is 0.331 e. The first-order chi connectivity index (χ1) is 10.1. The summed E-state index contributed by atoms with van der Waals surface area (Å²) in [6, 6.07) is 9.77. The van der Waals surface area contributed by atoms with Crippen LogP contribution in [0.15, 0.2) is 30.3 Å². The predicted molar refractivity (Wildman–Crippen MR) is 87.4 cm³/mol. The molecule has 0 spiro atoms. The number of benzene rings is 1. The summed E-state index contributed by atoms with van der Waals surface area (Å²) in [5.41, 5.74) is 0.00763. The van der Waals surface area contributed by atoms with Gasteiger partial charge in [0, 0.05) is 17.5 Å². The molecule has 2 N–H and O–H groups in total. The maximum atomic E-state index is 12.6. The van der Waals surface area contributed by atoms with E-state index in [0.717, 1.165) is 5.56 Å². The van der Waals surface area contributed by atoms with Crippen molar-refractivity contribution in [1.82, 2.24) is 5.32 Å². The van der Waals surface area contributed by atoms with Crippen molar-refractivity contribution in [2.24, 2.45) is 0 Å². The van der Waals surface area contributed by atoms with E-state index in [2.05, 4.69) is 5.32 Å². The summed E-state index contributed by atoms with van der Waals surface area (Å²) in [5.74, 6) is 0.845. The minimum absolute atomic E-state index is 0.0973. The van der Waals surface area contributed by atoms with Crippen molar-refractivity contribution in [1.29, 1.82) is 0 Å². The van der Waals surface area contributed by atoms with Gasteiger partial charge in [-0.3, -0.25) is 5.32 Å².